The van der Waals surface area contributed by atoms with Crippen LogP contribution in [0.25, 0.3) is 6.08 Å². The maximum atomic E-state index is 12.1. The molecule has 0 bridgehead atoms. The third-order valence-corrected chi connectivity index (χ3v) is 3.73. The molecule has 0 saturated carbocycles. The number of ether oxygens (including phenoxy) is 1. The SMILES string of the molecule is Cc1cc(C)cc(OCc2ccc(C=CC(=O)c3ccnn3C)o2)c1. The minimum absolute atomic E-state index is 0.121. The Bertz CT molecular complexity index is 898. The highest BCUT2D eigenvalue weighted by molar-refractivity contribution is 6.05. The van der Waals surface area contributed by atoms with Gasteiger partial charge in [0.25, 0.3) is 0 Å². The van der Waals surface area contributed by atoms with E-state index in [4.69, 9.17) is 9.15 Å². The molecular weight excluding hydrogens is 316 g/mol. The van der Waals surface area contributed by atoms with Crippen molar-refractivity contribution in [2.45, 2.75) is 20.5 Å². The Kier molecular flexibility index (Phi) is 4.84. The van der Waals surface area contributed by atoms with Gasteiger partial charge in [0.05, 0.1) is 0 Å². The van der Waals surface area contributed by atoms with E-state index in [-0.39, 0.29) is 5.78 Å². The minimum Gasteiger partial charge on any atom is -0.486 e. The predicted octanol–water partition coefficient (Wildman–Crippen LogP) is 4.11. The van der Waals surface area contributed by atoms with Gasteiger partial charge in [-0.1, -0.05) is 6.07 Å². The number of carbonyl (C=O) groups is 1. The Morgan fingerprint density at radius 3 is 2.64 bits per heavy atom. The van der Waals surface area contributed by atoms with Crippen molar-refractivity contribution in [1.82, 2.24) is 9.78 Å². The summed E-state index contributed by atoms with van der Waals surface area (Å²) < 4.78 is 13.0. The number of benzene rings is 1. The zero-order valence-corrected chi connectivity index (χ0v) is 14.5. The normalized spacial score (nSPS) is 11.2. The van der Waals surface area contributed by atoms with E-state index in [2.05, 4.69) is 11.2 Å². The number of hydrogen-bond donors (Lipinski definition) is 0. The van der Waals surface area contributed by atoms with E-state index < -0.39 is 0 Å². The Hall–Kier alpha value is -3.08. The van der Waals surface area contributed by atoms with E-state index in [1.165, 1.54) is 10.8 Å². The van der Waals surface area contributed by atoms with Crippen molar-refractivity contribution in [3.63, 3.8) is 0 Å². The molecule has 0 aliphatic heterocycles. The van der Waals surface area contributed by atoms with Crippen LogP contribution >= 0.6 is 0 Å². The van der Waals surface area contributed by atoms with Gasteiger partial charge in [-0.15, -0.1) is 0 Å². The van der Waals surface area contributed by atoms with Crippen molar-refractivity contribution >= 4 is 11.9 Å². The molecule has 2 heterocycles. The van der Waals surface area contributed by atoms with Crippen molar-refractivity contribution in [3.05, 3.63) is 77.0 Å². The second kappa shape index (κ2) is 7.21. The predicted molar refractivity (Wildman–Crippen MR) is 95.5 cm³/mol. The van der Waals surface area contributed by atoms with Gasteiger partial charge in [0, 0.05) is 13.2 Å². The third-order valence-electron chi connectivity index (χ3n) is 3.73. The molecule has 0 aliphatic carbocycles. The number of nitrogens with zero attached hydrogens (tertiary/aromatic N) is 2. The van der Waals surface area contributed by atoms with E-state index in [0.717, 1.165) is 16.9 Å². The van der Waals surface area contributed by atoms with Crippen LogP contribution in [0, 0.1) is 13.8 Å². The maximum Gasteiger partial charge on any atom is 0.203 e. The highest BCUT2D eigenvalue weighted by atomic mass is 16.5. The van der Waals surface area contributed by atoms with Gasteiger partial charge in [0.1, 0.15) is 29.6 Å². The van der Waals surface area contributed by atoms with E-state index in [1.54, 1.807) is 25.4 Å². The number of rotatable bonds is 6. The molecule has 128 valence electrons. The average molecular weight is 336 g/mol. The molecule has 5 nitrogen and oxygen atoms in total. The van der Waals surface area contributed by atoms with Crippen LogP contribution in [-0.4, -0.2) is 15.6 Å². The Labute approximate surface area is 146 Å². The fourth-order valence-electron chi connectivity index (χ4n) is 2.59. The minimum atomic E-state index is -0.121. The monoisotopic (exact) mass is 336 g/mol. The summed E-state index contributed by atoms with van der Waals surface area (Å²) in [4.78, 5) is 12.1. The van der Waals surface area contributed by atoms with Crippen LogP contribution in [0.3, 0.4) is 0 Å². The molecule has 3 rings (SSSR count). The molecule has 0 atom stereocenters. The molecule has 0 spiro atoms. The molecule has 0 fully saturated rings. The fourth-order valence-corrected chi connectivity index (χ4v) is 2.59. The lowest BCUT2D eigenvalue weighted by Crippen LogP contribution is -2.03. The first-order valence-corrected chi connectivity index (χ1v) is 8.01. The van der Waals surface area contributed by atoms with Gasteiger partial charge in [-0.05, 0) is 67.5 Å². The van der Waals surface area contributed by atoms with Crippen LogP contribution < -0.4 is 4.74 Å². The topological polar surface area (TPSA) is 57.3 Å². The summed E-state index contributed by atoms with van der Waals surface area (Å²) >= 11 is 0. The van der Waals surface area contributed by atoms with Crippen LogP contribution in [0.5, 0.6) is 5.75 Å². The molecular formula is C20H20N2O3. The summed E-state index contributed by atoms with van der Waals surface area (Å²) in [5.74, 6) is 2.00. The molecule has 0 N–H and O–H groups in total. The zero-order valence-electron chi connectivity index (χ0n) is 14.5. The quantitative estimate of drug-likeness (QED) is 0.502. The lowest BCUT2D eigenvalue weighted by Gasteiger charge is -2.06. The molecule has 3 aromatic rings. The third kappa shape index (κ3) is 4.26. The van der Waals surface area contributed by atoms with Gasteiger partial charge in [0.2, 0.25) is 5.78 Å². The lowest BCUT2D eigenvalue weighted by molar-refractivity contribution is 0.103. The molecule has 0 amide bonds. The Morgan fingerprint density at radius 1 is 1.20 bits per heavy atom. The number of hydrogen-bond acceptors (Lipinski definition) is 4. The molecule has 0 radical (unpaired) electrons. The summed E-state index contributed by atoms with van der Waals surface area (Å²) in [5, 5.41) is 3.98. The average Bonchev–Trinajstić information content (AvgIpc) is 3.18. The molecule has 1 aromatic carbocycles. The van der Waals surface area contributed by atoms with Gasteiger partial charge < -0.3 is 9.15 Å². The van der Waals surface area contributed by atoms with Gasteiger partial charge in [-0.3, -0.25) is 9.48 Å². The van der Waals surface area contributed by atoms with Crippen LogP contribution in [0.1, 0.15) is 33.1 Å². The van der Waals surface area contributed by atoms with Crippen LogP contribution in [0.4, 0.5) is 0 Å². The van der Waals surface area contributed by atoms with Crippen LogP contribution in [0.15, 0.2) is 53.1 Å². The molecule has 2 aromatic heterocycles. The van der Waals surface area contributed by atoms with Gasteiger partial charge in [-0.2, -0.15) is 5.10 Å². The van der Waals surface area contributed by atoms with Crippen molar-refractivity contribution in [2.24, 2.45) is 7.05 Å². The van der Waals surface area contributed by atoms with Crippen molar-refractivity contribution in [3.8, 4) is 5.75 Å². The van der Waals surface area contributed by atoms with Gasteiger partial charge >= 0.3 is 0 Å². The van der Waals surface area contributed by atoms with E-state index >= 15 is 0 Å². The van der Waals surface area contributed by atoms with E-state index in [0.29, 0.717) is 23.8 Å². The first-order valence-electron chi connectivity index (χ1n) is 8.01. The van der Waals surface area contributed by atoms with Gasteiger partial charge in [-0.25, -0.2) is 0 Å². The Morgan fingerprint density at radius 2 is 1.96 bits per heavy atom. The van der Waals surface area contributed by atoms with Crippen molar-refractivity contribution in [2.75, 3.05) is 0 Å². The fraction of sp³-hybridized carbons (Fsp3) is 0.200. The van der Waals surface area contributed by atoms with Crippen LogP contribution in [-0.2, 0) is 13.7 Å². The van der Waals surface area contributed by atoms with Crippen molar-refractivity contribution in [1.29, 1.82) is 0 Å². The highest BCUT2D eigenvalue weighted by Crippen LogP contribution is 2.19. The first-order chi connectivity index (χ1) is 12.0. The number of aromatic nitrogens is 2. The smallest absolute Gasteiger partial charge is 0.203 e. The molecule has 0 unspecified atom stereocenters. The summed E-state index contributed by atoms with van der Waals surface area (Å²) in [5.41, 5.74) is 2.85. The Balaban J connectivity index is 1.61. The largest absolute Gasteiger partial charge is 0.486 e. The molecule has 5 heteroatoms. The highest BCUT2D eigenvalue weighted by Gasteiger charge is 2.07. The zero-order chi connectivity index (χ0) is 17.8. The number of aryl methyl sites for hydroxylation is 3. The molecule has 0 aliphatic rings. The second-order valence-corrected chi connectivity index (χ2v) is 5.95. The number of furan rings is 1. The van der Waals surface area contributed by atoms with E-state index in [9.17, 15) is 4.79 Å². The summed E-state index contributed by atoms with van der Waals surface area (Å²) in [6.07, 6.45) is 4.72. The molecule has 0 saturated heterocycles. The first kappa shape index (κ1) is 16.8. The van der Waals surface area contributed by atoms with Crippen LogP contribution in [0.2, 0.25) is 0 Å². The number of ketones is 1. The van der Waals surface area contributed by atoms with Crippen molar-refractivity contribution < 1.29 is 13.9 Å². The second-order valence-electron chi connectivity index (χ2n) is 5.95. The number of carbonyl (C=O) groups excluding carboxylic acids is 1. The number of allylic oxidation sites excluding steroid dienone is 1. The lowest BCUT2D eigenvalue weighted by atomic mass is 10.1. The van der Waals surface area contributed by atoms with E-state index in [1.807, 2.05) is 38.1 Å². The maximum absolute atomic E-state index is 12.1. The summed E-state index contributed by atoms with van der Waals surface area (Å²) in [6, 6.07) is 11.4. The summed E-state index contributed by atoms with van der Waals surface area (Å²) in [7, 11) is 1.73. The summed E-state index contributed by atoms with van der Waals surface area (Å²) in [6.45, 7) is 4.41. The molecule has 25 heavy (non-hydrogen) atoms. The standard InChI is InChI=1S/C20H20N2O3/c1-14-10-15(2)12-18(11-14)24-13-17-5-4-16(25-17)6-7-20(23)19-8-9-21-22(19)3/h4-12H,13H2,1-3H3. The van der Waals surface area contributed by atoms with Gasteiger partial charge in [0.15, 0.2) is 0 Å².